The van der Waals surface area contributed by atoms with Crippen molar-refractivity contribution in [2.75, 3.05) is 18.0 Å². The molecule has 4 nitrogen and oxygen atoms in total. The second-order valence-corrected chi connectivity index (χ2v) is 7.42. The summed E-state index contributed by atoms with van der Waals surface area (Å²) in [5.41, 5.74) is 0.0308. The number of rotatable bonds is 4. The normalized spacial score (nSPS) is 20.2. The molecule has 0 aromatic carbocycles. The summed E-state index contributed by atoms with van der Waals surface area (Å²) in [6, 6.07) is 1.06. The summed E-state index contributed by atoms with van der Waals surface area (Å²) in [6.07, 6.45) is 2.56. The van der Waals surface area contributed by atoms with Crippen LogP contribution in [-0.4, -0.2) is 34.5 Å². The first-order valence-corrected chi connectivity index (χ1v) is 7.99. The van der Waals surface area contributed by atoms with Crippen LogP contribution in [0.1, 0.15) is 53.3 Å². The van der Waals surface area contributed by atoms with E-state index in [4.69, 9.17) is 4.98 Å². The van der Waals surface area contributed by atoms with Gasteiger partial charge in [-0.2, -0.15) is 4.37 Å². The van der Waals surface area contributed by atoms with Gasteiger partial charge in [-0.3, -0.25) is 0 Å². The minimum Gasteiger partial charge on any atom is -0.343 e. The van der Waals surface area contributed by atoms with E-state index in [-0.39, 0.29) is 5.41 Å². The van der Waals surface area contributed by atoms with Gasteiger partial charge in [0, 0.05) is 35.6 Å². The maximum Gasteiger partial charge on any atom is 0.205 e. The second kappa shape index (κ2) is 5.75. The van der Waals surface area contributed by atoms with E-state index < -0.39 is 0 Å². The summed E-state index contributed by atoms with van der Waals surface area (Å²) in [4.78, 5) is 7.14. The molecule has 1 aromatic rings. The Morgan fingerprint density at radius 2 is 2.16 bits per heavy atom. The summed E-state index contributed by atoms with van der Waals surface area (Å²) >= 11 is 1.53. The standard InChI is InChI=1S/C14H26N4S/c1-10(2)18(9-11-7-6-8-15-11)13-16-12(17-19-13)14(3,4)5/h10-11,15H,6-9H2,1-5H3. The van der Waals surface area contributed by atoms with Crippen LogP contribution in [0.15, 0.2) is 0 Å². The van der Waals surface area contributed by atoms with Crippen molar-refractivity contribution < 1.29 is 0 Å². The highest BCUT2D eigenvalue weighted by Crippen LogP contribution is 2.27. The van der Waals surface area contributed by atoms with Gasteiger partial charge in [0.05, 0.1) is 0 Å². The summed E-state index contributed by atoms with van der Waals surface area (Å²) in [7, 11) is 0. The van der Waals surface area contributed by atoms with E-state index in [0.29, 0.717) is 12.1 Å². The van der Waals surface area contributed by atoms with Crippen LogP contribution in [0.25, 0.3) is 0 Å². The van der Waals surface area contributed by atoms with E-state index in [1.54, 1.807) is 0 Å². The van der Waals surface area contributed by atoms with Crippen LogP contribution in [0.2, 0.25) is 0 Å². The Balaban J connectivity index is 2.12. The van der Waals surface area contributed by atoms with E-state index in [0.717, 1.165) is 24.0 Å². The molecule has 1 N–H and O–H groups in total. The third-order valence-electron chi connectivity index (χ3n) is 3.53. The number of anilines is 1. The van der Waals surface area contributed by atoms with Gasteiger partial charge in [-0.1, -0.05) is 20.8 Å². The van der Waals surface area contributed by atoms with Gasteiger partial charge in [0.1, 0.15) is 5.82 Å². The van der Waals surface area contributed by atoms with Crippen molar-refractivity contribution in [2.24, 2.45) is 0 Å². The van der Waals surface area contributed by atoms with E-state index in [9.17, 15) is 0 Å². The van der Waals surface area contributed by atoms with Crippen molar-refractivity contribution in [1.82, 2.24) is 14.7 Å². The monoisotopic (exact) mass is 282 g/mol. The van der Waals surface area contributed by atoms with Gasteiger partial charge in [-0.25, -0.2) is 4.98 Å². The van der Waals surface area contributed by atoms with Gasteiger partial charge in [0.15, 0.2) is 0 Å². The Morgan fingerprint density at radius 1 is 1.42 bits per heavy atom. The molecule has 108 valence electrons. The molecule has 2 rings (SSSR count). The molecule has 0 bridgehead atoms. The van der Waals surface area contributed by atoms with Crippen LogP contribution < -0.4 is 10.2 Å². The molecule has 0 radical (unpaired) electrons. The number of aromatic nitrogens is 2. The lowest BCUT2D eigenvalue weighted by atomic mass is 9.96. The maximum absolute atomic E-state index is 4.75. The van der Waals surface area contributed by atoms with Crippen molar-refractivity contribution >= 4 is 16.7 Å². The summed E-state index contributed by atoms with van der Waals surface area (Å²) in [5, 5.41) is 4.63. The Labute approximate surface area is 120 Å². The first kappa shape index (κ1) is 14.7. The Bertz CT molecular complexity index is 402. The van der Waals surface area contributed by atoms with Gasteiger partial charge in [0.25, 0.3) is 0 Å². The van der Waals surface area contributed by atoms with E-state index in [1.165, 1.54) is 24.4 Å². The number of nitrogens with zero attached hydrogens (tertiary/aromatic N) is 3. The molecule has 0 saturated carbocycles. The molecule has 5 heteroatoms. The molecule has 1 fully saturated rings. The molecular weight excluding hydrogens is 256 g/mol. The molecule has 19 heavy (non-hydrogen) atoms. The maximum atomic E-state index is 4.75. The highest BCUT2D eigenvalue weighted by Gasteiger charge is 2.25. The molecule has 1 aliphatic heterocycles. The average molecular weight is 282 g/mol. The van der Waals surface area contributed by atoms with Crippen LogP contribution in [0.3, 0.4) is 0 Å². The number of hydrogen-bond acceptors (Lipinski definition) is 5. The SMILES string of the molecule is CC(C)N(CC1CCCN1)c1nc(C(C)(C)C)ns1. The summed E-state index contributed by atoms with van der Waals surface area (Å²) in [6.45, 7) is 13.1. The van der Waals surface area contributed by atoms with Crippen LogP contribution in [0.4, 0.5) is 5.13 Å². The predicted octanol–water partition coefficient (Wildman–Crippen LogP) is 2.80. The molecule has 1 unspecified atom stereocenters. The van der Waals surface area contributed by atoms with Crippen molar-refractivity contribution in [1.29, 1.82) is 0 Å². The third-order valence-corrected chi connectivity index (χ3v) is 4.29. The minimum absolute atomic E-state index is 0.0308. The highest BCUT2D eigenvalue weighted by atomic mass is 32.1. The zero-order valence-electron chi connectivity index (χ0n) is 12.7. The van der Waals surface area contributed by atoms with Crippen LogP contribution in [0, 0.1) is 0 Å². The fraction of sp³-hybridized carbons (Fsp3) is 0.857. The summed E-state index contributed by atoms with van der Waals surface area (Å²) < 4.78 is 4.53. The fourth-order valence-corrected chi connectivity index (χ4v) is 3.30. The van der Waals surface area contributed by atoms with Crippen molar-refractivity contribution in [3.05, 3.63) is 5.82 Å². The van der Waals surface area contributed by atoms with Crippen molar-refractivity contribution in [2.45, 2.75) is 65.0 Å². The minimum atomic E-state index is 0.0308. The van der Waals surface area contributed by atoms with Crippen LogP contribution in [0.5, 0.6) is 0 Å². The third kappa shape index (κ3) is 3.66. The van der Waals surface area contributed by atoms with Crippen molar-refractivity contribution in [3.63, 3.8) is 0 Å². The molecule has 1 aliphatic rings. The first-order valence-electron chi connectivity index (χ1n) is 7.22. The van der Waals surface area contributed by atoms with E-state index in [2.05, 4.69) is 49.2 Å². The zero-order valence-corrected chi connectivity index (χ0v) is 13.5. The topological polar surface area (TPSA) is 41.0 Å². The zero-order chi connectivity index (χ0) is 14.0. The number of hydrogen-bond donors (Lipinski definition) is 1. The van der Waals surface area contributed by atoms with Gasteiger partial charge in [-0.05, 0) is 33.2 Å². The van der Waals surface area contributed by atoms with Crippen LogP contribution in [-0.2, 0) is 5.41 Å². The quantitative estimate of drug-likeness (QED) is 0.922. The molecule has 1 saturated heterocycles. The largest absolute Gasteiger partial charge is 0.343 e. The smallest absolute Gasteiger partial charge is 0.205 e. The Morgan fingerprint density at radius 3 is 2.63 bits per heavy atom. The lowest BCUT2D eigenvalue weighted by Crippen LogP contribution is -2.41. The fourth-order valence-electron chi connectivity index (χ4n) is 2.30. The Kier molecular flexibility index (Phi) is 4.46. The van der Waals surface area contributed by atoms with Gasteiger partial charge in [-0.15, -0.1) is 0 Å². The van der Waals surface area contributed by atoms with Gasteiger partial charge in [0.2, 0.25) is 5.13 Å². The summed E-state index contributed by atoms with van der Waals surface area (Å²) in [5.74, 6) is 0.956. The molecule has 0 spiro atoms. The van der Waals surface area contributed by atoms with E-state index in [1.807, 2.05) is 0 Å². The lowest BCUT2D eigenvalue weighted by Gasteiger charge is -2.28. The molecule has 0 amide bonds. The second-order valence-electron chi connectivity index (χ2n) is 6.69. The first-order chi connectivity index (χ1) is 8.88. The van der Waals surface area contributed by atoms with Crippen molar-refractivity contribution in [3.8, 4) is 0 Å². The average Bonchev–Trinajstić information content (AvgIpc) is 2.95. The van der Waals surface area contributed by atoms with Crippen LogP contribution >= 0.6 is 11.5 Å². The molecule has 2 heterocycles. The predicted molar refractivity (Wildman–Crippen MR) is 82.1 cm³/mol. The van der Waals surface area contributed by atoms with E-state index >= 15 is 0 Å². The molecule has 1 aromatic heterocycles. The lowest BCUT2D eigenvalue weighted by molar-refractivity contribution is 0.540. The molecular formula is C14H26N4S. The molecule has 1 atom stereocenters. The van der Waals surface area contributed by atoms with Gasteiger partial charge >= 0.3 is 0 Å². The highest BCUT2D eigenvalue weighted by molar-refractivity contribution is 7.09. The molecule has 0 aliphatic carbocycles. The van der Waals surface area contributed by atoms with Gasteiger partial charge < -0.3 is 10.2 Å². The number of nitrogens with one attached hydrogen (secondary N) is 1. The Hall–Kier alpha value is -0.680.